The van der Waals surface area contributed by atoms with Crippen molar-refractivity contribution in [2.75, 3.05) is 26.7 Å². The van der Waals surface area contributed by atoms with Gasteiger partial charge in [-0.3, -0.25) is 0 Å². The molecule has 2 rings (SSSR count). The molecule has 2 atom stereocenters. The molecule has 2 heterocycles. The van der Waals surface area contributed by atoms with Crippen LogP contribution in [0.25, 0.3) is 0 Å². The number of nitrogens with zero attached hydrogens (tertiary/aromatic N) is 2. The van der Waals surface area contributed by atoms with Crippen LogP contribution >= 0.6 is 11.3 Å². The molecule has 0 saturated carbocycles. The highest BCUT2D eigenvalue weighted by atomic mass is 32.2. The van der Waals surface area contributed by atoms with Crippen LogP contribution in [-0.4, -0.2) is 44.4 Å². The Hall–Kier alpha value is -0.540. The Kier molecular flexibility index (Phi) is 5.50. The fourth-order valence-corrected chi connectivity index (χ4v) is 4.70. The fraction of sp³-hybridized carbons (Fsp3) is 0.750. The molecule has 8 heteroatoms. The van der Waals surface area contributed by atoms with E-state index in [1.54, 1.807) is 10.5 Å². The Balaban J connectivity index is 1.99. The summed E-state index contributed by atoms with van der Waals surface area (Å²) < 4.78 is 29.1. The molecule has 114 valence electrons. The van der Waals surface area contributed by atoms with E-state index in [1.165, 1.54) is 11.3 Å². The fourth-order valence-electron chi connectivity index (χ4n) is 2.50. The SMILES string of the molecule is CNCC1CCCN(S(=O)(=O)NC(C)c2nccs2)C1. The van der Waals surface area contributed by atoms with Crippen molar-refractivity contribution in [2.24, 2.45) is 5.92 Å². The van der Waals surface area contributed by atoms with Crippen molar-refractivity contribution in [1.82, 2.24) is 19.3 Å². The third-order valence-corrected chi connectivity index (χ3v) is 6.08. The number of hydrogen-bond acceptors (Lipinski definition) is 5. The van der Waals surface area contributed by atoms with Gasteiger partial charge in [0.05, 0.1) is 6.04 Å². The zero-order valence-corrected chi connectivity index (χ0v) is 13.5. The van der Waals surface area contributed by atoms with Gasteiger partial charge in [0.15, 0.2) is 0 Å². The Labute approximate surface area is 124 Å². The van der Waals surface area contributed by atoms with E-state index >= 15 is 0 Å². The predicted octanol–water partition coefficient (Wildman–Crippen LogP) is 0.970. The molecule has 6 nitrogen and oxygen atoms in total. The van der Waals surface area contributed by atoms with E-state index < -0.39 is 10.2 Å². The zero-order chi connectivity index (χ0) is 14.6. The highest BCUT2D eigenvalue weighted by molar-refractivity contribution is 7.87. The van der Waals surface area contributed by atoms with Crippen molar-refractivity contribution >= 4 is 21.5 Å². The molecule has 2 unspecified atom stereocenters. The highest BCUT2D eigenvalue weighted by Gasteiger charge is 2.30. The number of hydrogen-bond donors (Lipinski definition) is 2. The van der Waals surface area contributed by atoms with Crippen LogP contribution < -0.4 is 10.0 Å². The minimum atomic E-state index is -3.44. The predicted molar refractivity (Wildman–Crippen MR) is 80.8 cm³/mol. The van der Waals surface area contributed by atoms with Crippen LogP contribution in [0.5, 0.6) is 0 Å². The lowest BCUT2D eigenvalue weighted by atomic mass is 10.00. The molecule has 2 N–H and O–H groups in total. The summed E-state index contributed by atoms with van der Waals surface area (Å²) in [6.45, 7) is 3.86. The molecule has 0 spiro atoms. The van der Waals surface area contributed by atoms with Crippen LogP contribution in [0.15, 0.2) is 11.6 Å². The monoisotopic (exact) mass is 318 g/mol. The van der Waals surface area contributed by atoms with Gasteiger partial charge in [0.2, 0.25) is 0 Å². The number of thiazole rings is 1. The van der Waals surface area contributed by atoms with E-state index in [0.717, 1.165) is 24.4 Å². The third-order valence-electron chi connectivity index (χ3n) is 3.46. The molecule has 1 aromatic rings. The van der Waals surface area contributed by atoms with Crippen molar-refractivity contribution in [1.29, 1.82) is 0 Å². The van der Waals surface area contributed by atoms with Crippen molar-refractivity contribution in [3.8, 4) is 0 Å². The highest BCUT2D eigenvalue weighted by Crippen LogP contribution is 2.21. The molecule has 1 saturated heterocycles. The minimum absolute atomic E-state index is 0.287. The smallest absolute Gasteiger partial charge is 0.280 e. The molecule has 0 aromatic carbocycles. The van der Waals surface area contributed by atoms with Gasteiger partial charge in [-0.25, -0.2) is 4.98 Å². The van der Waals surface area contributed by atoms with Gasteiger partial charge in [-0.05, 0) is 39.3 Å². The number of rotatable bonds is 6. The van der Waals surface area contributed by atoms with Crippen molar-refractivity contribution < 1.29 is 8.42 Å². The summed E-state index contributed by atoms with van der Waals surface area (Å²) in [5.74, 6) is 0.389. The summed E-state index contributed by atoms with van der Waals surface area (Å²) in [7, 11) is -1.54. The first kappa shape index (κ1) is 15.8. The van der Waals surface area contributed by atoms with Gasteiger partial charge in [0.1, 0.15) is 5.01 Å². The van der Waals surface area contributed by atoms with Crippen LogP contribution in [0.2, 0.25) is 0 Å². The minimum Gasteiger partial charge on any atom is -0.319 e. The maximum Gasteiger partial charge on any atom is 0.280 e. The maximum absolute atomic E-state index is 12.4. The average molecular weight is 318 g/mol. The first-order chi connectivity index (χ1) is 9.53. The second kappa shape index (κ2) is 6.95. The van der Waals surface area contributed by atoms with Crippen LogP contribution in [0.1, 0.15) is 30.8 Å². The average Bonchev–Trinajstić information content (AvgIpc) is 2.93. The molecule has 20 heavy (non-hydrogen) atoms. The van der Waals surface area contributed by atoms with Crippen molar-refractivity contribution in [3.63, 3.8) is 0 Å². The Bertz CT molecular complexity index is 502. The van der Waals surface area contributed by atoms with Gasteiger partial charge in [0, 0.05) is 24.7 Å². The lowest BCUT2D eigenvalue weighted by molar-refractivity contribution is 0.260. The summed E-state index contributed by atoms with van der Waals surface area (Å²) in [5.41, 5.74) is 0. The van der Waals surface area contributed by atoms with E-state index in [9.17, 15) is 8.42 Å². The van der Waals surface area contributed by atoms with E-state index in [-0.39, 0.29) is 6.04 Å². The van der Waals surface area contributed by atoms with E-state index in [2.05, 4.69) is 15.0 Å². The van der Waals surface area contributed by atoms with Gasteiger partial charge >= 0.3 is 0 Å². The largest absolute Gasteiger partial charge is 0.319 e. The van der Waals surface area contributed by atoms with E-state index in [1.807, 2.05) is 19.4 Å². The Morgan fingerprint density at radius 1 is 1.60 bits per heavy atom. The van der Waals surface area contributed by atoms with Gasteiger partial charge < -0.3 is 5.32 Å². The van der Waals surface area contributed by atoms with Crippen molar-refractivity contribution in [3.05, 3.63) is 16.6 Å². The van der Waals surface area contributed by atoms with Gasteiger partial charge in [-0.1, -0.05) is 0 Å². The number of piperidine rings is 1. The third kappa shape index (κ3) is 3.98. The van der Waals surface area contributed by atoms with Gasteiger partial charge in [-0.15, -0.1) is 11.3 Å². The molecule has 1 aliphatic rings. The first-order valence-electron chi connectivity index (χ1n) is 6.84. The van der Waals surface area contributed by atoms with Gasteiger partial charge in [0.25, 0.3) is 10.2 Å². The lowest BCUT2D eigenvalue weighted by Crippen LogP contribution is -2.47. The van der Waals surface area contributed by atoms with Crippen LogP contribution in [0.4, 0.5) is 0 Å². The van der Waals surface area contributed by atoms with Crippen molar-refractivity contribution in [2.45, 2.75) is 25.8 Å². The summed E-state index contributed by atoms with van der Waals surface area (Å²) >= 11 is 1.46. The second-order valence-electron chi connectivity index (χ2n) is 5.14. The summed E-state index contributed by atoms with van der Waals surface area (Å²) in [4.78, 5) is 4.15. The molecule has 0 aliphatic carbocycles. The first-order valence-corrected chi connectivity index (χ1v) is 9.16. The molecule has 1 fully saturated rings. The zero-order valence-electron chi connectivity index (χ0n) is 11.9. The molecule has 1 aliphatic heterocycles. The molecular weight excluding hydrogens is 296 g/mol. The molecule has 1 aromatic heterocycles. The van der Waals surface area contributed by atoms with E-state index in [4.69, 9.17) is 0 Å². The molecule has 0 radical (unpaired) electrons. The normalized spacial score (nSPS) is 22.8. The van der Waals surface area contributed by atoms with Gasteiger partial charge in [-0.2, -0.15) is 17.4 Å². The summed E-state index contributed by atoms with van der Waals surface area (Å²) in [6.07, 6.45) is 3.68. The second-order valence-corrected chi connectivity index (χ2v) is 7.77. The summed E-state index contributed by atoms with van der Waals surface area (Å²) in [5, 5.41) is 5.76. The number of aromatic nitrogens is 1. The van der Waals surface area contributed by atoms with Crippen LogP contribution in [-0.2, 0) is 10.2 Å². The quantitative estimate of drug-likeness (QED) is 0.820. The molecule has 0 amide bonds. The van der Waals surface area contributed by atoms with Crippen LogP contribution in [0, 0.1) is 5.92 Å². The molecular formula is C12H22N4O2S2. The van der Waals surface area contributed by atoms with E-state index in [0.29, 0.717) is 19.0 Å². The standard InChI is InChI=1S/C12H22N4O2S2/c1-10(12-14-5-7-19-12)15-20(17,18)16-6-3-4-11(9-16)8-13-2/h5,7,10-11,13,15H,3-4,6,8-9H2,1-2H3. The Morgan fingerprint density at radius 2 is 2.40 bits per heavy atom. The maximum atomic E-state index is 12.4. The number of nitrogens with one attached hydrogen (secondary N) is 2. The summed E-state index contributed by atoms with van der Waals surface area (Å²) in [6, 6.07) is -0.287. The topological polar surface area (TPSA) is 74.3 Å². The molecule has 0 bridgehead atoms. The Morgan fingerprint density at radius 3 is 3.05 bits per heavy atom. The van der Waals surface area contributed by atoms with Crippen LogP contribution in [0.3, 0.4) is 0 Å². The lowest BCUT2D eigenvalue weighted by Gasteiger charge is -2.32.